The number of fused-ring (bicyclic) bond motifs is 2. The Balaban J connectivity index is 1.05. The summed E-state index contributed by atoms with van der Waals surface area (Å²) in [6.45, 7) is 2.11. The highest BCUT2D eigenvalue weighted by Gasteiger charge is 2.54. The lowest BCUT2D eigenvalue weighted by Crippen LogP contribution is -2.40. The number of H-pyrrole nitrogens is 1. The molecule has 4 heterocycles. The number of likely N-dealkylation sites (tertiary alicyclic amines) is 1. The van der Waals surface area contributed by atoms with Crippen LogP contribution in [0.5, 0.6) is 0 Å². The van der Waals surface area contributed by atoms with Crippen LogP contribution in [0.2, 0.25) is 0 Å². The molecule has 1 unspecified atom stereocenters. The van der Waals surface area contributed by atoms with Gasteiger partial charge in [0.05, 0.1) is 23.6 Å². The first-order chi connectivity index (χ1) is 15.6. The smallest absolute Gasteiger partial charge is 0.287 e. The van der Waals surface area contributed by atoms with Gasteiger partial charge in [0.25, 0.3) is 11.8 Å². The van der Waals surface area contributed by atoms with Crippen LogP contribution in [0.3, 0.4) is 0 Å². The van der Waals surface area contributed by atoms with Crippen LogP contribution in [0.15, 0.2) is 53.5 Å². The molecule has 3 aromatic heterocycles. The van der Waals surface area contributed by atoms with Crippen molar-refractivity contribution in [2.75, 3.05) is 19.6 Å². The predicted octanol–water partition coefficient (Wildman–Crippen LogP) is 3.38. The summed E-state index contributed by atoms with van der Waals surface area (Å²) < 4.78 is 5.60. The Morgan fingerprint density at radius 3 is 2.97 bits per heavy atom. The molecule has 32 heavy (non-hydrogen) atoms. The number of rotatable bonds is 4. The van der Waals surface area contributed by atoms with Crippen LogP contribution in [-0.2, 0) is 0 Å². The van der Waals surface area contributed by atoms with E-state index in [0.717, 1.165) is 48.8 Å². The van der Waals surface area contributed by atoms with Crippen molar-refractivity contribution in [1.29, 1.82) is 0 Å². The van der Waals surface area contributed by atoms with Gasteiger partial charge in [0.1, 0.15) is 5.52 Å². The summed E-state index contributed by atoms with van der Waals surface area (Å²) in [6.07, 6.45) is 7.94. The number of aromatic amines is 1. The monoisotopic (exact) mass is 429 g/mol. The van der Waals surface area contributed by atoms with Gasteiger partial charge in [-0.1, -0.05) is 6.07 Å². The second-order valence-corrected chi connectivity index (χ2v) is 8.89. The first-order valence-electron chi connectivity index (χ1n) is 11.0. The van der Waals surface area contributed by atoms with Gasteiger partial charge in [0.15, 0.2) is 11.3 Å². The highest BCUT2D eigenvalue weighted by atomic mass is 16.3. The van der Waals surface area contributed by atoms with Gasteiger partial charge in [-0.15, -0.1) is 0 Å². The topological polar surface area (TPSA) is 104 Å². The number of hydrogen-bond donors (Lipinski definition) is 2. The number of nitrogens with one attached hydrogen (secondary N) is 2. The van der Waals surface area contributed by atoms with Gasteiger partial charge in [-0.25, -0.2) is 4.98 Å². The fourth-order valence-corrected chi connectivity index (χ4v) is 5.10. The lowest BCUT2D eigenvalue weighted by Gasteiger charge is -2.33. The van der Waals surface area contributed by atoms with Crippen molar-refractivity contribution in [2.45, 2.75) is 19.3 Å². The minimum absolute atomic E-state index is 0.0439. The third kappa shape index (κ3) is 3.14. The summed E-state index contributed by atoms with van der Waals surface area (Å²) in [5, 5.41) is 3.90. The van der Waals surface area contributed by atoms with E-state index in [1.807, 2.05) is 29.2 Å². The molecule has 1 aliphatic heterocycles. The van der Waals surface area contributed by atoms with Crippen molar-refractivity contribution in [1.82, 2.24) is 25.2 Å². The Bertz CT molecular complexity index is 1300. The summed E-state index contributed by atoms with van der Waals surface area (Å²) in [5.41, 5.74) is 3.11. The number of furan rings is 1. The van der Waals surface area contributed by atoms with E-state index >= 15 is 0 Å². The Labute approximate surface area is 184 Å². The lowest BCUT2D eigenvalue weighted by atomic mass is 9.90. The second kappa shape index (κ2) is 7.19. The zero-order valence-electron chi connectivity index (χ0n) is 17.5. The SMILES string of the molecule is O=C(NCC1CC12CCN(C(=O)c1cccc3[nH]cnc13)CC2)c1cc2ccncc2o1. The summed E-state index contributed by atoms with van der Waals surface area (Å²) >= 11 is 0. The van der Waals surface area contributed by atoms with Crippen molar-refractivity contribution in [3.63, 3.8) is 0 Å². The van der Waals surface area contributed by atoms with Crippen LogP contribution in [0, 0.1) is 11.3 Å². The molecule has 0 radical (unpaired) electrons. The lowest BCUT2D eigenvalue weighted by molar-refractivity contribution is 0.0670. The molecule has 1 saturated heterocycles. The number of amides is 2. The van der Waals surface area contributed by atoms with Gasteiger partial charge >= 0.3 is 0 Å². The number of para-hydroxylation sites is 1. The van der Waals surface area contributed by atoms with Gasteiger partial charge in [-0.2, -0.15) is 0 Å². The van der Waals surface area contributed by atoms with Crippen LogP contribution >= 0.6 is 0 Å². The first-order valence-corrected chi connectivity index (χ1v) is 11.0. The first kappa shape index (κ1) is 19.0. The number of benzene rings is 1. The highest BCUT2D eigenvalue weighted by Crippen LogP contribution is 2.59. The average Bonchev–Trinajstić information content (AvgIpc) is 3.18. The standard InChI is InChI=1S/C24H23N5O3/c30-22(19-10-15-4-7-25-13-20(15)32-19)26-12-16-11-24(16)5-8-29(9-6-24)23(31)17-2-1-3-18-21(17)28-14-27-18/h1-4,7,10,13-14,16H,5-6,8-9,11-12H2,(H,26,30)(H,27,28). The molecule has 8 heteroatoms. The molecular formula is C24H23N5O3. The van der Waals surface area contributed by atoms with E-state index < -0.39 is 0 Å². The number of pyridine rings is 1. The summed E-state index contributed by atoms with van der Waals surface area (Å²) in [4.78, 5) is 38.9. The summed E-state index contributed by atoms with van der Waals surface area (Å²) in [7, 11) is 0. The molecule has 2 N–H and O–H groups in total. The zero-order chi connectivity index (χ0) is 21.7. The number of carbonyl (C=O) groups is 2. The van der Waals surface area contributed by atoms with Gasteiger partial charge in [0, 0.05) is 31.2 Å². The molecule has 2 fully saturated rings. The van der Waals surface area contributed by atoms with Gasteiger partial charge in [-0.05, 0) is 54.9 Å². The van der Waals surface area contributed by atoms with Crippen LogP contribution in [0.4, 0.5) is 0 Å². The maximum Gasteiger partial charge on any atom is 0.287 e. The molecule has 1 saturated carbocycles. The number of nitrogens with zero attached hydrogens (tertiary/aromatic N) is 3. The van der Waals surface area contributed by atoms with E-state index in [9.17, 15) is 9.59 Å². The fraction of sp³-hybridized carbons (Fsp3) is 0.333. The molecule has 6 rings (SSSR count). The van der Waals surface area contributed by atoms with E-state index in [1.54, 1.807) is 24.8 Å². The number of imidazole rings is 1. The fourth-order valence-electron chi connectivity index (χ4n) is 5.10. The van der Waals surface area contributed by atoms with Crippen LogP contribution in [0.1, 0.15) is 40.2 Å². The zero-order valence-corrected chi connectivity index (χ0v) is 17.5. The molecule has 1 atom stereocenters. The third-order valence-corrected chi connectivity index (χ3v) is 7.14. The van der Waals surface area contributed by atoms with Gasteiger partial charge in [0.2, 0.25) is 0 Å². The van der Waals surface area contributed by atoms with Gasteiger partial charge < -0.3 is 19.6 Å². The van der Waals surface area contributed by atoms with Gasteiger partial charge in [-0.3, -0.25) is 14.6 Å². The summed E-state index contributed by atoms with van der Waals surface area (Å²) in [5.74, 6) is 0.616. The Morgan fingerprint density at radius 2 is 2.12 bits per heavy atom. The van der Waals surface area contributed by atoms with E-state index in [-0.39, 0.29) is 17.2 Å². The molecule has 2 aliphatic rings. The molecule has 162 valence electrons. The van der Waals surface area contributed by atoms with E-state index in [0.29, 0.717) is 29.4 Å². The van der Waals surface area contributed by atoms with Crippen molar-refractivity contribution in [3.8, 4) is 0 Å². The summed E-state index contributed by atoms with van der Waals surface area (Å²) in [6, 6.07) is 9.23. The second-order valence-electron chi connectivity index (χ2n) is 8.89. The van der Waals surface area contributed by atoms with Crippen molar-refractivity contribution in [2.24, 2.45) is 11.3 Å². The van der Waals surface area contributed by atoms with E-state index in [4.69, 9.17) is 4.42 Å². The Kier molecular flexibility index (Phi) is 4.28. The quantitative estimate of drug-likeness (QED) is 0.518. The minimum atomic E-state index is -0.192. The highest BCUT2D eigenvalue weighted by molar-refractivity contribution is 6.04. The number of piperidine rings is 1. The molecular weight excluding hydrogens is 406 g/mol. The number of hydrogen-bond acceptors (Lipinski definition) is 5. The molecule has 2 amide bonds. The van der Waals surface area contributed by atoms with E-state index in [2.05, 4.69) is 20.3 Å². The third-order valence-electron chi connectivity index (χ3n) is 7.14. The Morgan fingerprint density at radius 1 is 1.25 bits per heavy atom. The molecule has 8 nitrogen and oxygen atoms in total. The maximum atomic E-state index is 13.1. The van der Waals surface area contributed by atoms with Crippen LogP contribution in [0.25, 0.3) is 22.0 Å². The number of aromatic nitrogens is 3. The van der Waals surface area contributed by atoms with E-state index in [1.165, 1.54) is 0 Å². The predicted molar refractivity (Wildman–Crippen MR) is 118 cm³/mol. The number of carbonyl (C=O) groups excluding carboxylic acids is 2. The van der Waals surface area contributed by atoms with Crippen LogP contribution in [-0.4, -0.2) is 51.3 Å². The normalized spacial score (nSPS) is 19.5. The minimum Gasteiger partial charge on any atom is -0.449 e. The van der Waals surface area contributed by atoms with Crippen molar-refractivity contribution < 1.29 is 14.0 Å². The molecule has 1 aliphatic carbocycles. The Hall–Kier alpha value is -3.68. The van der Waals surface area contributed by atoms with Crippen LogP contribution < -0.4 is 5.32 Å². The molecule has 1 aromatic carbocycles. The maximum absolute atomic E-state index is 13.1. The largest absolute Gasteiger partial charge is 0.449 e. The van der Waals surface area contributed by atoms with Crippen molar-refractivity contribution >= 4 is 33.8 Å². The molecule has 1 spiro atoms. The molecule has 0 bridgehead atoms. The van der Waals surface area contributed by atoms with Crippen molar-refractivity contribution in [3.05, 3.63) is 60.4 Å². The molecule has 4 aromatic rings. The average molecular weight is 429 g/mol.